The highest BCUT2D eigenvalue weighted by Crippen LogP contribution is 2.13. The van der Waals surface area contributed by atoms with Crippen molar-refractivity contribution in [3.63, 3.8) is 0 Å². The van der Waals surface area contributed by atoms with Crippen molar-refractivity contribution in [1.82, 2.24) is 14.5 Å². The number of carbonyl (C=O) groups is 2. The summed E-state index contributed by atoms with van der Waals surface area (Å²) < 4.78 is 1.42. The molecule has 23 heavy (non-hydrogen) atoms. The smallest absolute Gasteiger partial charge is 0.305 e. The predicted molar refractivity (Wildman–Crippen MR) is 87.6 cm³/mol. The molecule has 0 atom stereocenters. The third-order valence-electron chi connectivity index (χ3n) is 3.53. The van der Waals surface area contributed by atoms with E-state index in [0.717, 1.165) is 0 Å². The largest absolute Gasteiger partial charge is 0.481 e. The number of carboxylic acids is 1. The van der Waals surface area contributed by atoms with Crippen LogP contribution < -0.4 is 5.56 Å². The average molecular weight is 337 g/mol. The van der Waals surface area contributed by atoms with Gasteiger partial charge in [-0.15, -0.1) is 11.3 Å². The molecular weight excluding hydrogens is 318 g/mol. The zero-order chi connectivity index (χ0) is 17.0. The second-order valence-electron chi connectivity index (χ2n) is 5.46. The number of hydrogen-bond donors (Lipinski definition) is 1. The van der Waals surface area contributed by atoms with Crippen LogP contribution in [0.25, 0.3) is 10.2 Å². The van der Waals surface area contributed by atoms with Crippen LogP contribution in [-0.4, -0.2) is 44.0 Å². The number of amides is 1. The van der Waals surface area contributed by atoms with Gasteiger partial charge >= 0.3 is 5.97 Å². The maximum absolute atomic E-state index is 12.3. The maximum Gasteiger partial charge on any atom is 0.305 e. The summed E-state index contributed by atoms with van der Waals surface area (Å²) in [6.45, 7) is 4.07. The molecule has 1 N–H and O–H groups in total. The first-order valence-electron chi connectivity index (χ1n) is 7.34. The van der Waals surface area contributed by atoms with Crippen molar-refractivity contribution in [2.75, 3.05) is 6.54 Å². The van der Waals surface area contributed by atoms with Gasteiger partial charge in [-0.3, -0.25) is 19.0 Å². The summed E-state index contributed by atoms with van der Waals surface area (Å²) in [7, 11) is 0. The van der Waals surface area contributed by atoms with Crippen LogP contribution in [0, 0.1) is 0 Å². The molecule has 2 heterocycles. The number of nitrogens with zero attached hydrogens (tertiary/aromatic N) is 3. The Kier molecular flexibility index (Phi) is 5.49. The van der Waals surface area contributed by atoms with Gasteiger partial charge < -0.3 is 10.0 Å². The molecule has 0 saturated heterocycles. The normalized spacial score (nSPS) is 11.1. The number of aliphatic carboxylic acids is 1. The minimum atomic E-state index is -0.938. The molecule has 8 heteroatoms. The molecule has 124 valence electrons. The molecule has 0 aliphatic heterocycles. The SMILES string of the molecule is CC(C)N(CCC(=O)O)C(=O)CCn1cnc2sccc2c1=O. The second kappa shape index (κ2) is 7.36. The quantitative estimate of drug-likeness (QED) is 0.828. The van der Waals surface area contributed by atoms with Crippen LogP contribution in [0.15, 0.2) is 22.6 Å². The van der Waals surface area contributed by atoms with E-state index in [1.165, 1.54) is 27.1 Å². The molecule has 0 unspecified atom stereocenters. The molecule has 0 aromatic carbocycles. The van der Waals surface area contributed by atoms with Gasteiger partial charge in [-0.2, -0.15) is 0 Å². The van der Waals surface area contributed by atoms with Crippen molar-refractivity contribution in [3.05, 3.63) is 28.1 Å². The number of rotatable bonds is 7. The van der Waals surface area contributed by atoms with E-state index in [4.69, 9.17) is 5.11 Å². The molecule has 0 fully saturated rings. The summed E-state index contributed by atoms with van der Waals surface area (Å²) in [5, 5.41) is 11.1. The Labute approximate surface area is 137 Å². The van der Waals surface area contributed by atoms with E-state index in [1.807, 2.05) is 13.8 Å². The molecular formula is C15H19N3O4S. The molecule has 7 nitrogen and oxygen atoms in total. The molecule has 0 spiro atoms. The molecule has 1 amide bonds. The predicted octanol–water partition coefficient (Wildman–Crippen LogP) is 1.56. The number of carbonyl (C=O) groups excluding carboxylic acids is 1. The lowest BCUT2D eigenvalue weighted by Crippen LogP contribution is -2.39. The van der Waals surface area contributed by atoms with Gasteiger partial charge in [-0.1, -0.05) is 0 Å². The lowest BCUT2D eigenvalue weighted by Gasteiger charge is -2.26. The van der Waals surface area contributed by atoms with Crippen molar-refractivity contribution in [3.8, 4) is 0 Å². The van der Waals surface area contributed by atoms with Gasteiger partial charge in [0.15, 0.2) is 0 Å². The molecule has 0 saturated carbocycles. The Morgan fingerprint density at radius 2 is 2.13 bits per heavy atom. The molecule has 0 aliphatic rings. The topological polar surface area (TPSA) is 92.5 Å². The summed E-state index contributed by atoms with van der Waals surface area (Å²) in [5.74, 6) is -1.11. The van der Waals surface area contributed by atoms with Crippen LogP contribution in [-0.2, 0) is 16.1 Å². The van der Waals surface area contributed by atoms with Crippen molar-refractivity contribution in [2.45, 2.75) is 39.3 Å². The zero-order valence-corrected chi connectivity index (χ0v) is 13.9. The van der Waals surface area contributed by atoms with Gasteiger partial charge in [0.25, 0.3) is 5.56 Å². The average Bonchev–Trinajstić information content (AvgIpc) is 2.95. The van der Waals surface area contributed by atoms with E-state index < -0.39 is 5.97 Å². The minimum absolute atomic E-state index is 0.0870. The summed E-state index contributed by atoms with van der Waals surface area (Å²) in [4.78, 5) is 41.6. The van der Waals surface area contributed by atoms with Crippen LogP contribution in [0.5, 0.6) is 0 Å². The fourth-order valence-electron chi connectivity index (χ4n) is 2.30. The van der Waals surface area contributed by atoms with Crippen molar-refractivity contribution in [2.24, 2.45) is 0 Å². The number of aryl methyl sites for hydroxylation is 1. The van der Waals surface area contributed by atoms with Gasteiger partial charge in [-0.25, -0.2) is 4.98 Å². The lowest BCUT2D eigenvalue weighted by molar-refractivity contribution is -0.139. The fourth-order valence-corrected chi connectivity index (χ4v) is 3.02. The highest BCUT2D eigenvalue weighted by molar-refractivity contribution is 7.16. The van der Waals surface area contributed by atoms with Crippen LogP contribution in [0.1, 0.15) is 26.7 Å². The Bertz CT molecular complexity index is 765. The second-order valence-corrected chi connectivity index (χ2v) is 6.35. The standard InChI is InChI=1S/C15H19N3O4S/c1-10(2)18(7-4-13(20)21)12(19)3-6-17-9-16-14-11(15(17)22)5-8-23-14/h5,8-10H,3-4,6-7H2,1-2H3,(H,20,21). The number of hydrogen-bond acceptors (Lipinski definition) is 5. The highest BCUT2D eigenvalue weighted by Gasteiger charge is 2.18. The molecule has 2 rings (SSSR count). The van der Waals surface area contributed by atoms with Gasteiger partial charge in [0, 0.05) is 25.6 Å². The van der Waals surface area contributed by atoms with Crippen molar-refractivity contribution in [1.29, 1.82) is 0 Å². The molecule has 0 aliphatic carbocycles. The minimum Gasteiger partial charge on any atom is -0.481 e. The Balaban J connectivity index is 2.05. The monoisotopic (exact) mass is 337 g/mol. The Hall–Kier alpha value is -2.22. The maximum atomic E-state index is 12.3. The van der Waals surface area contributed by atoms with Crippen LogP contribution >= 0.6 is 11.3 Å². The van der Waals surface area contributed by atoms with Crippen molar-refractivity contribution >= 4 is 33.4 Å². The summed E-state index contributed by atoms with van der Waals surface area (Å²) >= 11 is 1.40. The van der Waals surface area contributed by atoms with E-state index in [9.17, 15) is 14.4 Å². The first kappa shape index (κ1) is 17.1. The summed E-state index contributed by atoms with van der Waals surface area (Å²) in [5.41, 5.74) is -0.161. The molecule has 2 aromatic heterocycles. The molecule has 0 radical (unpaired) electrons. The number of aromatic nitrogens is 2. The first-order valence-corrected chi connectivity index (χ1v) is 8.22. The Morgan fingerprint density at radius 1 is 1.39 bits per heavy atom. The number of thiophene rings is 1. The van der Waals surface area contributed by atoms with Gasteiger partial charge in [0.1, 0.15) is 4.83 Å². The van der Waals surface area contributed by atoms with Crippen molar-refractivity contribution < 1.29 is 14.7 Å². The van der Waals surface area contributed by atoms with Gasteiger partial charge in [0.2, 0.25) is 5.91 Å². The number of carboxylic acid groups (broad SMARTS) is 1. The zero-order valence-electron chi connectivity index (χ0n) is 13.1. The van der Waals surface area contributed by atoms with Crippen LogP contribution in [0.4, 0.5) is 0 Å². The van der Waals surface area contributed by atoms with E-state index in [0.29, 0.717) is 10.2 Å². The molecule has 0 bridgehead atoms. The van der Waals surface area contributed by atoms with Gasteiger partial charge in [-0.05, 0) is 25.3 Å². The van der Waals surface area contributed by atoms with E-state index >= 15 is 0 Å². The van der Waals surface area contributed by atoms with Crippen LogP contribution in [0.3, 0.4) is 0 Å². The van der Waals surface area contributed by atoms with E-state index in [2.05, 4.69) is 4.98 Å². The molecule has 2 aromatic rings. The summed E-state index contributed by atoms with van der Waals surface area (Å²) in [6, 6.07) is 1.64. The highest BCUT2D eigenvalue weighted by atomic mass is 32.1. The number of fused-ring (bicyclic) bond motifs is 1. The Morgan fingerprint density at radius 3 is 2.78 bits per heavy atom. The van der Waals surface area contributed by atoms with Gasteiger partial charge in [0.05, 0.1) is 18.1 Å². The third-order valence-corrected chi connectivity index (χ3v) is 4.35. The van der Waals surface area contributed by atoms with E-state index in [1.54, 1.807) is 11.4 Å². The fraction of sp³-hybridized carbons (Fsp3) is 0.467. The first-order chi connectivity index (χ1) is 10.9. The van der Waals surface area contributed by atoms with E-state index in [-0.39, 0.29) is 43.4 Å². The lowest BCUT2D eigenvalue weighted by atomic mass is 10.2. The van der Waals surface area contributed by atoms with Crippen LogP contribution in [0.2, 0.25) is 0 Å². The summed E-state index contributed by atoms with van der Waals surface area (Å²) in [6.07, 6.45) is 1.49. The third kappa shape index (κ3) is 4.16.